The van der Waals surface area contributed by atoms with Crippen LogP contribution in [0.25, 0.3) is 0 Å². The van der Waals surface area contributed by atoms with Gasteiger partial charge in [-0.15, -0.1) is 0 Å². The normalized spacial score (nSPS) is 17.9. The summed E-state index contributed by atoms with van der Waals surface area (Å²) in [5, 5.41) is 0. The molecule has 9 heteroatoms. The van der Waals surface area contributed by atoms with Crippen LogP contribution in [-0.2, 0) is 17.1 Å². The molecule has 0 unspecified atom stereocenters. The lowest BCUT2D eigenvalue weighted by Gasteiger charge is -2.35. The van der Waals surface area contributed by atoms with Gasteiger partial charge in [0.15, 0.2) is 0 Å². The Morgan fingerprint density at radius 2 is 1.65 bits per heavy atom. The molecule has 8 nitrogen and oxygen atoms in total. The zero-order valence-electron chi connectivity index (χ0n) is 18.4. The minimum absolute atomic E-state index is 0.0921. The standard InChI is InChI=1S/C22H30N4O4S/c1-17-21(16-19(23(17)2)22(27)25-10-6-7-11-25)31(28,29)26-14-12-24(13-15-26)18-8-4-5-9-20(18)30-3/h4-5,8-9,16H,6-7,10-15H2,1-3H3. The maximum absolute atomic E-state index is 13.4. The Bertz CT molecular complexity index is 1070. The summed E-state index contributed by atoms with van der Waals surface area (Å²) in [7, 11) is -0.290. The van der Waals surface area contributed by atoms with E-state index >= 15 is 0 Å². The number of benzene rings is 1. The van der Waals surface area contributed by atoms with Gasteiger partial charge in [-0.2, -0.15) is 4.31 Å². The SMILES string of the molecule is COc1ccccc1N1CCN(S(=O)(=O)c2cc(C(=O)N3CCCC3)n(C)c2C)CC1. The van der Waals surface area contributed by atoms with Crippen molar-refractivity contribution in [2.45, 2.75) is 24.7 Å². The Morgan fingerprint density at radius 3 is 2.29 bits per heavy atom. The fourth-order valence-electron chi connectivity index (χ4n) is 4.42. The highest BCUT2D eigenvalue weighted by Gasteiger charge is 2.33. The van der Waals surface area contributed by atoms with Crippen molar-refractivity contribution < 1.29 is 17.9 Å². The van der Waals surface area contributed by atoms with E-state index in [0.717, 1.165) is 37.4 Å². The van der Waals surface area contributed by atoms with Gasteiger partial charge in [0, 0.05) is 52.0 Å². The van der Waals surface area contributed by atoms with Crippen LogP contribution in [0.15, 0.2) is 35.2 Å². The molecule has 0 N–H and O–H groups in total. The summed E-state index contributed by atoms with van der Waals surface area (Å²) in [5.74, 6) is 0.688. The molecule has 3 heterocycles. The molecule has 1 amide bonds. The molecule has 1 aromatic carbocycles. The molecule has 0 bridgehead atoms. The first-order chi connectivity index (χ1) is 14.8. The predicted octanol–water partition coefficient (Wildman–Crippen LogP) is 2.09. The van der Waals surface area contributed by atoms with Gasteiger partial charge in [-0.1, -0.05) is 12.1 Å². The van der Waals surface area contributed by atoms with Crippen molar-refractivity contribution in [3.05, 3.63) is 41.7 Å². The number of methoxy groups -OCH3 is 1. The first kappa shape index (κ1) is 21.7. The number of sulfonamides is 1. The Labute approximate surface area is 184 Å². The summed E-state index contributed by atoms with van der Waals surface area (Å²) in [6.07, 6.45) is 1.99. The second-order valence-electron chi connectivity index (χ2n) is 8.10. The van der Waals surface area contributed by atoms with Gasteiger partial charge in [-0.3, -0.25) is 4.79 Å². The van der Waals surface area contributed by atoms with Crippen LogP contribution in [-0.4, -0.2) is 74.5 Å². The second-order valence-corrected chi connectivity index (χ2v) is 10.0. The van der Waals surface area contributed by atoms with Crippen LogP contribution in [0.2, 0.25) is 0 Å². The lowest BCUT2D eigenvalue weighted by molar-refractivity contribution is 0.0783. The number of hydrogen-bond donors (Lipinski definition) is 0. The fraction of sp³-hybridized carbons (Fsp3) is 0.500. The molecule has 2 aliphatic heterocycles. The summed E-state index contributed by atoms with van der Waals surface area (Å²) < 4.78 is 35.5. The number of hydrogen-bond acceptors (Lipinski definition) is 5. The van der Waals surface area contributed by atoms with E-state index in [1.54, 1.807) is 36.6 Å². The average molecular weight is 447 g/mol. The largest absolute Gasteiger partial charge is 0.495 e. The van der Waals surface area contributed by atoms with Crippen molar-refractivity contribution in [3.8, 4) is 5.75 Å². The van der Waals surface area contributed by atoms with Crippen molar-refractivity contribution in [1.82, 2.24) is 13.8 Å². The lowest BCUT2D eigenvalue weighted by Crippen LogP contribution is -2.48. The summed E-state index contributed by atoms with van der Waals surface area (Å²) in [6, 6.07) is 9.32. The van der Waals surface area contributed by atoms with Gasteiger partial charge in [-0.05, 0) is 38.0 Å². The van der Waals surface area contributed by atoms with E-state index in [2.05, 4.69) is 4.90 Å². The molecule has 1 aromatic heterocycles. The number of rotatable bonds is 5. The van der Waals surface area contributed by atoms with Crippen LogP contribution in [0.4, 0.5) is 5.69 Å². The van der Waals surface area contributed by atoms with Gasteiger partial charge in [-0.25, -0.2) is 8.42 Å². The van der Waals surface area contributed by atoms with E-state index in [4.69, 9.17) is 4.74 Å². The molecular weight excluding hydrogens is 416 g/mol. The van der Waals surface area contributed by atoms with E-state index in [1.807, 2.05) is 24.3 Å². The van der Waals surface area contributed by atoms with Gasteiger partial charge in [0.2, 0.25) is 10.0 Å². The fourth-order valence-corrected chi connectivity index (χ4v) is 6.11. The topological polar surface area (TPSA) is 75.1 Å². The predicted molar refractivity (Wildman–Crippen MR) is 119 cm³/mol. The smallest absolute Gasteiger partial charge is 0.270 e. The molecule has 0 saturated carbocycles. The number of amides is 1. The van der Waals surface area contributed by atoms with Gasteiger partial charge in [0.1, 0.15) is 16.3 Å². The Balaban J connectivity index is 1.53. The third-order valence-electron chi connectivity index (χ3n) is 6.38. The molecule has 0 spiro atoms. The van der Waals surface area contributed by atoms with Crippen LogP contribution >= 0.6 is 0 Å². The molecular formula is C22H30N4O4S. The van der Waals surface area contributed by atoms with Crippen LogP contribution < -0.4 is 9.64 Å². The summed E-state index contributed by atoms with van der Waals surface area (Å²) in [5.41, 5.74) is 2.00. The first-order valence-corrected chi connectivity index (χ1v) is 12.1. The molecule has 0 atom stereocenters. The van der Waals surface area contributed by atoms with Crippen molar-refractivity contribution in [3.63, 3.8) is 0 Å². The Morgan fingerprint density at radius 1 is 1.00 bits per heavy atom. The maximum atomic E-state index is 13.4. The number of anilines is 1. The van der Waals surface area contributed by atoms with Crippen molar-refractivity contribution >= 4 is 21.6 Å². The quantitative estimate of drug-likeness (QED) is 0.703. The molecule has 31 heavy (non-hydrogen) atoms. The van der Waals surface area contributed by atoms with Crippen LogP contribution in [0.1, 0.15) is 29.0 Å². The summed E-state index contributed by atoms with van der Waals surface area (Å²) >= 11 is 0. The maximum Gasteiger partial charge on any atom is 0.270 e. The molecule has 2 saturated heterocycles. The number of piperazine rings is 1. The minimum atomic E-state index is -3.69. The highest BCUT2D eigenvalue weighted by molar-refractivity contribution is 7.89. The number of aromatic nitrogens is 1. The molecule has 2 fully saturated rings. The second kappa shape index (κ2) is 8.55. The Kier molecular flexibility index (Phi) is 5.98. The zero-order chi connectivity index (χ0) is 22.2. The summed E-state index contributed by atoms with van der Waals surface area (Å²) in [6.45, 7) is 5.13. The van der Waals surface area contributed by atoms with Gasteiger partial charge in [0.25, 0.3) is 5.91 Å². The average Bonchev–Trinajstić information content (AvgIpc) is 3.43. The van der Waals surface area contributed by atoms with Crippen LogP contribution in [0, 0.1) is 6.92 Å². The number of ether oxygens (including phenoxy) is 1. The highest BCUT2D eigenvalue weighted by Crippen LogP contribution is 2.30. The Hall–Kier alpha value is -2.52. The number of nitrogens with zero attached hydrogens (tertiary/aromatic N) is 4. The van der Waals surface area contributed by atoms with Gasteiger partial charge < -0.3 is 19.1 Å². The molecule has 0 radical (unpaired) electrons. The number of carbonyl (C=O) groups is 1. The van der Waals surface area contributed by atoms with Gasteiger partial charge >= 0.3 is 0 Å². The van der Waals surface area contributed by atoms with Crippen LogP contribution in [0.3, 0.4) is 0 Å². The van der Waals surface area contributed by atoms with Gasteiger partial charge in [0.05, 0.1) is 12.8 Å². The molecule has 2 aliphatic rings. The summed E-state index contributed by atoms with van der Waals surface area (Å²) in [4.78, 5) is 17.0. The number of carbonyl (C=O) groups excluding carboxylic acids is 1. The van der Waals surface area contributed by atoms with E-state index in [0.29, 0.717) is 37.6 Å². The first-order valence-electron chi connectivity index (χ1n) is 10.7. The molecule has 4 rings (SSSR count). The molecule has 168 valence electrons. The van der Waals surface area contributed by atoms with E-state index < -0.39 is 10.0 Å². The van der Waals surface area contributed by atoms with Crippen LogP contribution in [0.5, 0.6) is 5.75 Å². The highest BCUT2D eigenvalue weighted by atomic mass is 32.2. The third kappa shape index (κ3) is 3.92. The van der Waals surface area contributed by atoms with E-state index in [1.165, 1.54) is 4.31 Å². The monoisotopic (exact) mass is 446 g/mol. The van der Waals surface area contributed by atoms with Crippen molar-refractivity contribution in [2.75, 3.05) is 51.3 Å². The van der Waals surface area contributed by atoms with Crippen molar-refractivity contribution in [2.24, 2.45) is 7.05 Å². The minimum Gasteiger partial charge on any atom is -0.495 e. The number of likely N-dealkylation sites (tertiary alicyclic amines) is 1. The lowest BCUT2D eigenvalue weighted by atomic mass is 10.2. The van der Waals surface area contributed by atoms with Crippen molar-refractivity contribution in [1.29, 1.82) is 0 Å². The zero-order valence-corrected chi connectivity index (χ0v) is 19.2. The number of para-hydroxylation sites is 2. The van der Waals surface area contributed by atoms with E-state index in [9.17, 15) is 13.2 Å². The molecule has 0 aliphatic carbocycles. The molecule has 2 aromatic rings. The van der Waals surface area contributed by atoms with E-state index in [-0.39, 0.29) is 10.8 Å². The third-order valence-corrected chi connectivity index (χ3v) is 8.40.